The van der Waals surface area contributed by atoms with Crippen LogP contribution in [0.15, 0.2) is 24.4 Å². The van der Waals surface area contributed by atoms with Gasteiger partial charge in [0, 0.05) is 12.4 Å². The highest BCUT2D eigenvalue weighted by molar-refractivity contribution is 5.91. The van der Waals surface area contributed by atoms with Crippen LogP contribution in [0, 0.1) is 0 Å². The molecular weight excluding hydrogens is 198 g/mol. The monoisotopic (exact) mass is 209 g/mol. The van der Waals surface area contributed by atoms with Gasteiger partial charge in [-0.2, -0.15) is 0 Å². The van der Waals surface area contributed by atoms with Crippen LogP contribution in [0.2, 0.25) is 0 Å². The number of aromatic nitrogens is 2. The lowest BCUT2D eigenvalue weighted by molar-refractivity contribution is -0.122. The molecule has 0 saturated carbocycles. The highest BCUT2D eigenvalue weighted by Gasteiger charge is 2.14. The maximum atomic E-state index is 11.5. The topological polar surface area (TPSA) is 76.2 Å². The van der Waals surface area contributed by atoms with Crippen molar-refractivity contribution in [1.82, 2.24) is 15.3 Å². The molecule has 0 bridgehead atoms. The normalized spacial score (nSPS) is 14.8. The molecule has 0 aliphatic carbocycles. The second-order valence-electron chi connectivity index (χ2n) is 2.92. The number of H-pyrrole nitrogens is 1. The van der Waals surface area contributed by atoms with Crippen molar-refractivity contribution >= 4 is 5.91 Å². The third-order valence-corrected chi connectivity index (χ3v) is 1.84. The fourth-order valence-corrected chi connectivity index (χ4v) is 1.13. The molecule has 0 atom stereocenters. The van der Waals surface area contributed by atoms with E-state index in [1.165, 1.54) is 6.26 Å². The van der Waals surface area contributed by atoms with Gasteiger partial charge in [-0.15, -0.1) is 0 Å². The molecule has 0 aromatic carbocycles. The van der Waals surface area contributed by atoms with Gasteiger partial charge in [-0.1, -0.05) is 0 Å². The van der Waals surface area contributed by atoms with Gasteiger partial charge in [-0.05, 0) is 0 Å². The molecule has 1 aromatic rings. The molecule has 1 amide bonds. The molecule has 2 heterocycles. The number of imidazole rings is 1. The van der Waals surface area contributed by atoms with Gasteiger partial charge >= 0.3 is 0 Å². The third-order valence-electron chi connectivity index (χ3n) is 1.84. The van der Waals surface area contributed by atoms with Crippen molar-refractivity contribution < 1.29 is 14.3 Å². The number of ether oxygens (including phenoxy) is 2. The maximum absolute atomic E-state index is 11.5. The molecule has 15 heavy (non-hydrogen) atoms. The Balaban J connectivity index is 1.84. The zero-order valence-electron chi connectivity index (χ0n) is 8.03. The number of nitrogens with one attached hydrogen (secondary N) is 2. The van der Waals surface area contributed by atoms with Gasteiger partial charge in [-0.3, -0.25) is 4.79 Å². The number of amides is 1. The average molecular weight is 209 g/mol. The minimum absolute atomic E-state index is 0.202. The van der Waals surface area contributed by atoms with Crippen LogP contribution < -0.4 is 5.32 Å². The van der Waals surface area contributed by atoms with Crippen molar-refractivity contribution in [3.63, 3.8) is 0 Å². The third kappa shape index (κ3) is 2.49. The van der Waals surface area contributed by atoms with E-state index in [1.54, 1.807) is 12.4 Å². The molecule has 2 rings (SSSR count). The first kappa shape index (κ1) is 9.57. The standard InChI is InChI=1S/C9H11N3O3/c13-9(7-6-14-3-4-15-7)12-5-8-10-1-2-11-8/h1-2,6H,3-5H2,(H,10,11)(H,12,13). The predicted molar refractivity (Wildman–Crippen MR) is 50.4 cm³/mol. The van der Waals surface area contributed by atoms with Crippen molar-refractivity contribution in [2.75, 3.05) is 13.2 Å². The van der Waals surface area contributed by atoms with E-state index in [0.717, 1.165) is 0 Å². The predicted octanol–water partition coefficient (Wildman–Crippen LogP) is -0.0859. The molecule has 0 fully saturated rings. The zero-order chi connectivity index (χ0) is 10.5. The number of aromatic amines is 1. The van der Waals surface area contributed by atoms with Gasteiger partial charge < -0.3 is 19.8 Å². The van der Waals surface area contributed by atoms with E-state index in [0.29, 0.717) is 25.6 Å². The Hall–Kier alpha value is -1.98. The minimum Gasteiger partial charge on any atom is -0.494 e. The second-order valence-corrected chi connectivity index (χ2v) is 2.92. The van der Waals surface area contributed by atoms with Crippen molar-refractivity contribution in [2.45, 2.75) is 6.54 Å². The number of carbonyl (C=O) groups excluding carboxylic acids is 1. The Morgan fingerprint density at radius 1 is 1.60 bits per heavy atom. The van der Waals surface area contributed by atoms with Crippen LogP contribution in [-0.4, -0.2) is 29.1 Å². The summed E-state index contributed by atoms with van der Waals surface area (Å²) >= 11 is 0. The smallest absolute Gasteiger partial charge is 0.290 e. The SMILES string of the molecule is O=C(NCc1ncc[nH]1)C1=COCCO1. The summed E-state index contributed by atoms with van der Waals surface area (Å²) in [4.78, 5) is 18.3. The fraction of sp³-hybridized carbons (Fsp3) is 0.333. The summed E-state index contributed by atoms with van der Waals surface area (Å²) in [6.07, 6.45) is 4.64. The highest BCUT2D eigenvalue weighted by atomic mass is 16.6. The van der Waals surface area contributed by atoms with E-state index in [9.17, 15) is 4.79 Å². The van der Waals surface area contributed by atoms with Crippen molar-refractivity contribution in [3.8, 4) is 0 Å². The van der Waals surface area contributed by atoms with E-state index >= 15 is 0 Å². The Morgan fingerprint density at radius 2 is 2.53 bits per heavy atom. The van der Waals surface area contributed by atoms with Gasteiger partial charge in [0.05, 0.1) is 6.54 Å². The summed E-state index contributed by atoms with van der Waals surface area (Å²) < 4.78 is 10.1. The number of nitrogens with zero attached hydrogens (tertiary/aromatic N) is 1. The lowest BCUT2D eigenvalue weighted by Gasteiger charge is -2.14. The highest BCUT2D eigenvalue weighted by Crippen LogP contribution is 2.03. The Morgan fingerprint density at radius 3 is 3.20 bits per heavy atom. The first-order valence-electron chi connectivity index (χ1n) is 4.57. The molecule has 6 heteroatoms. The molecule has 1 aromatic heterocycles. The quantitative estimate of drug-likeness (QED) is 0.729. The number of carbonyl (C=O) groups is 1. The number of rotatable bonds is 3. The summed E-state index contributed by atoms with van der Waals surface area (Å²) in [5.41, 5.74) is 0. The fourth-order valence-electron chi connectivity index (χ4n) is 1.13. The van der Waals surface area contributed by atoms with Gasteiger partial charge in [0.25, 0.3) is 5.91 Å². The van der Waals surface area contributed by atoms with Crippen LogP contribution >= 0.6 is 0 Å². The zero-order valence-corrected chi connectivity index (χ0v) is 8.03. The van der Waals surface area contributed by atoms with Crippen LogP contribution in [0.4, 0.5) is 0 Å². The van der Waals surface area contributed by atoms with E-state index < -0.39 is 0 Å². The lowest BCUT2D eigenvalue weighted by atomic mass is 10.4. The molecule has 80 valence electrons. The molecule has 0 saturated heterocycles. The van der Waals surface area contributed by atoms with Crippen molar-refractivity contribution in [2.24, 2.45) is 0 Å². The van der Waals surface area contributed by atoms with Gasteiger partial charge in [0.2, 0.25) is 5.76 Å². The summed E-state index contributed by atoms with van der Waals surface area (Å²) in [5.74, 6) is 0.597. The van der Waals surface area contributed by atoms with E-state index in [-0.39, 0.29) is 11.7 Å². The van der Waals surface area contributed by atoms with Crippen molar-refractivity contribution in [1.29, 1.82) is 0 Å². The largest absolute Gasteiger partial charge is 0.494 e. The second kappa shape index (κ2) is 4.50. The number of hydrogen-bond donors (Lipinski definition) is 2. The molecule has 1 aliphatic heterocycles. The van der Waals surface area contributed by atoms with Gasteiger partial charge in [0.15, 0.2) is 0 Å². The van der Waals surface area contributed by atoms with E-state index in [1.807, 2.05) is 0 Å². The Bertz CT molecular complexity index is 359. The summed E-state index contributed by atoms with van der Waals surface area (Å²) in [5, 5.41) is 2.65. The van der Waals surface area contributed by atoms with Crippen molar-refractivity contribution in [3.05, 3.63) is 30.2 Å². The van der Waals surface area contributed by atoms with Gasteiger partial charge in [-0.25, -0.2) is 4.98 Å². The summed E-state index contributed by atoms with van der Waals surface area (Å²) in [7, 11) is 0. The molecular formula is C9H11N3O3. The first-order valence-corrected chi connectivity index (χ1v) is 4.57. The molecule has 0 radical (unpaired) electrons. The van der Waals surface area contributed by atoms with Crippen LogP contribution in [0.25, 0.3) is 0 Å². The van der Waals surface area contributed by atoms with Gasteiger partial charge in [0.1, 0.15) is 25.3 Å². The van der Waals surface area contributed by atoms with Crippen LogP contribution in [0.5, 0.6) is 0 Å². The summed E-state index contributed by atoms with van der Waals surface area (Å²) in [6.45, 7) is 1.22. The van der Waals surface area contributed by atoms with Crippen LogP contribution in [0.1, 0.15) is 5.82 Å². The molecule has 0 unspecified atom stereocenters. The Labute approximate surface area is 86.3 Å². The maximum Gasteiger partial charge on any atom is 0.290 e. The van der Waals surface area contributed by atoms with Crippen LogP contribution in [-0.2, 0) is 20.8 Å². The lowest BCUT2D eigenvalue weighted by Crippen LogP contribution is -2.28. The number of hydrogen-bond acceptors (Lipinski definition) is 4. The first-order chi connectivity index (χ1) is 7.36. The molecule has 2 N–H and O–H groups in total. The Kier molecular flexibility index (Phi) is 2.87. The molecule has 1 aliphatic rings. The average Bonchev–Trinajstić information content (AvgIpc) is 2.80. The summed E-state index contributed by atoms with van der Waals surface area (Å²) in [6, 6.07) is 0. The van der Waals surface area contributed by atoms with E-state index in [2.05, 4.69) is 15.3 Å². The van der Waals surface area contributed by atoms with E-state index in [4.69, 9.17) is 9.47 Å². The van der Waals surface area contributed by atoms with Crippen LogP contribution in [0.3, 0.4) is 0 Å². The molecule has 0 spiro atoms. The molecule has 6 nitrogen and oxygen atoms in total. The minimum atomic E-state index is -0.300.